The Morgan fingerprint density at radius 2 is 2.04 bits per heavy atom. The van der Waals surface area contributed by atoms with Crippen molar-refractivity contribution in [1.29, 1.82) is 0 Å². The van der Waals surface area contributed by atoms with Gasteiger partial charge < -0.3 is 4.90 Å². The molecule has 3 aromatic rings. The highest BCUT2D eigenvalue weighted by Crippen LogP contribution is 2.30. The van der Waals surface area contributed by atoms with E-state index >= 15 is 0 Å². The highest BCUT2D eigenvalue weighted by atomic mass is 32.2. The van der Waals surface area contributed by atoms with Gasteiger partial charge in [0.25, 0.3) is 5.91 Å². The quantitative estimate of drug-likeness (QED) is 0.721. The highest BCUT2D eigenvalue weighted by Gasteiger charge is 2.29. The largest absolute Gasteiger partial charge is 0.330 e. The standard InChI is InChI=1S/C16H15N5OS/c22-16(13-6-7-15-17-18-19-21(15)10-13)20-8-9-23-11-14(20)12-4-2-1-3-5-12/h1-7,10,14H,8-9,11H2/t14-/m0/s1. The molecule has 1 saturated heterocycles. The minimum Gasteiger partial charge on any atom is -0.330 e. The number of hydrogen-bond acceptors (Lipinski definition) is 5. The fourth-order valence-corrected chi connectivity index (χ4v) is 3.92. The first-order chi connectivity index (χ1) is 11.3. The summed E-state index contributed by atoms with van der Waals surface area (Å²) in [4.78, 5) is 14.9. The predicted octanol–water partition coefficient (Wildman–Crippen LogP) is 2.05. The maximum atomic E-state index is 13.0. The molecule has 4 rings (SSSR count). The van der Waals surface area contributed by atoms with E-state index in [1.807, 2.05) is 34.9 Å². The Labute approximate surface area is 137 Å². The van der Waals surface area contributed by atoms with Crippen LogP contribution in [-0.4, -0.2) is 48.9 Å². The van der Waals surface area contributed by atoms with Crippen LogP contribution >= 0.6 is 11.8 Å². The predicted molar refractivity (Wildman–Crippen MR) is 88.3 cm³/mol. The van der Waals surface area contributed by atoms with Crippen LogP contribution in [0.2, 0.25) is 0 Å². The number of nitrogens with zero attached hydrogens (tertiary/aromatic N) is 5. The van der Waals surface area contributed by atoms with Gasteiger partial charge in [-0.1, -0.05) is 30.3 Å². The third kappa shape index (κ3) is 2.68. The van der Waals surface area contributed by atoms with Gasteiger partial charge in [-0.25, -0.2) is 0 Å². The Morgan fingerprint density at radius 1 is 1.17 bits per heavy atom. The zero-order valence-electron chi connectivity index (χ0n) is 12.4. The lowest BCUT2D eigenvalue weighted by atomic mass is 10.1. The molecule has 2 aromatic heterocycles. The molecule has 0 bridgehead atoms. The minimum absolute atomic E-state index is 0.0246. The fourth-order valence-electron chi connectivity index (χ4n) is 2.83. The molecule has 0 aliphatic carbocycles. The van der Waals surface area contributed by atoms with E-state index in [9.17, 15) is 4.79 Å². The molecule has 1 aliphatic heterocycles. The number of hydrogen-bond donors (Lipinski definition) is 0. The average Bonchev–Trinajstić information content (AvgIpc) is 3.09. The summed E-state index contributed by atoms with van der Waals surface area (Å²) in [5.41, 5.74) is 2.42. The Kier molecular flexibility index (Phi) is 3.70. The number of pyridine rings is 1. The van der Waals surface area contributed by atoms with Crippen LogP contribution in [0.3, 0.4) is 0 Å². The monoisotopic (exact) mass is 325 g/mol. The van der Waals surface area contributed by atoms with E-state index in [2.05, 4.69) is 27.7 Å². The zero-order valence-corrected chi connectivity index (χ0v) is 13.2. The van der Waals surface area contributed by atoms with Crippen LogP contribution in [0, 0.1) is 0 Å². The summed E-state index contributed by atoms with van der Waals surface area (Å²) in [6.07, 6.45) is 1.70. The second-order valence-electron chi connectivity index (χ2n) is 5.40. The zero-order chi connectivity index (χ0) is 15.6. The number of aromatic nitrogens is 4. The third-order valence-corrected chi connectivity index (χ3v) is 5.03. The molecule has 0 N–H and O–H groups in total. The Hall–Kier alpha value is -2.41. The van der Waals surface area contributed by atoms with Gasteiger partial charge in [-0.15, -0.1) is 5.10 Å². The smallest absolute Gasteiger partial charge is 0.255 e. The average molecular weight is 325 g/mol. The van der Waals surface area contributed by atoms with Crippen LogP contribution in [0.15, 0.2) is 48.7 Å². The summed E-state index contributed by atoms with van der Waals surface area (Å²) in [6, 6.07) is 13.9. The summed E-state index contributed by atoms with van der Waals surface area (Å²) in [5, 5.41) is 11.3. The van der Waals surface area contributed by atoms with Crippen LogP contribution in [0.5, 0.6) is 0 Å². The molecule has 1 amide bonds. The van der Waals surface area contributed by atoms with Crippen molar-refractivity contribution in [3.63, 3.8) is 0 Å². The molecule has 1 fully saturated rings. The van der Waals surface area contributed by atoms with Gasteiger partial charge in [-0.3, -0.25) is 4.79 Å². The number of amides is 1. The normalized spacial score (nSPS) is 18.3. The number of rotatable bonds is 2. The van der Waals surface area contributed by atoms with Gasteiger partial charge in [0.1, 0.15) is 0 Å². The van der Waals surface area contributed by atoms with Gasteiger partial charge in [0, 0.05) is 24.2 Å². The van der Waals surface area contributed by atoms with Crippen molar-refractivity contribution in [1.82, 2.24) is 24.9 Å². The second-order valence-corrected chi connectivity index (χ2v) is 6.55. The number of carbonyl (C=O) groups excluding carboxylic acids is 1. The van der Waals surface area contributed by atoms with Gasteiger partial charge in [0.15, 0.2) is 5.65 Å². The number of benzene rings is 1. The lowest BCUT2D eigenvalue weighted by Crippen LogP contribution is -2.40. The van der Waals surface area contributed by atoms with Gasteiger partial charge in [0.2, 0.25) is 0 Å². The Morgan fingerprint density at radius 3 is 2.91 bits per heavy atom. The summed E-state index contributed by atoms with van der Waals surface area (Å²) >= 11 is 1.89. The lowest BCUT2D eigenvalue weighted by Gasteiger charge is -2.35. The van der Waals surface area contributed by atoms with E-state index in [1.165, 1.54) is 10.1 Å². The summed E-state index contributed by atoms with van der Waals surface area (Å²) in [5.74, 6) is 1.90. The van der Waals surface area contributed by atoms with E-state index in [1.54, 1.807) is 18.3 Å². The topological polar surface area (TPSA) is 63.4 Å². The second kappa shape index (κ2) is 6.00. The Bertz CT molecular complexity index is 835. The SMILES string of the molecule is O=C(c1ccc2nnnn2c1)N1CCSC[C@H]1c1ccccc1. The molecule has 116 valence electrons. The van der Waals surface area contributed by atoms with Crippen molar-refractivity contribution in [3.8, 4) is 0 Å². The van der Waals surface area contributed by atoms with Crippen molar-refractivity contribution >= 4 is 23.3 Å². The molecule has 3 heterocycles. The molecule has 1 aliphatic rings. The van der Waals surface area contributed by atoms with Crippen molar-refractivity contribution in [3.05, 3.63) is 59.8 Å². The van der Waals surface area contributed by atoms with E-state index in [4.69, 9.17) is 0 Å². The van der Waals surface area contributed by atoms with Crippen molar-refractivity contribution in [2.45, 2.75) is 6.04 Å². The molecule has 7 heteroatoms. The Balaban J connectivity index is 1.67. The van der Waals surface area contributed by atoms with Crippen LogP contribution in [0.25, 0.3) is 5.65 Å². The van der Waals surface area contributed by atoms with Crippen molar-refractivity contribution in [2.75, 3.05) is 18.1 Å². The van der Waals surface area contributed by atoms with Crippen molar-refractivity contribution in [2.24, 2.45) is 0 Å². The highest BCUT2D eigenvalue weighted by molar-refractivity contribution is 7.99. The van der Waals surface area contributed by atoms with Gasteiger partial charge in [-0.05, 0) is 28.1 Å². The van der Waals surface area contributed by atoms with E-state index < -0.39 is 0 Å². The molecule has 23 heavy (non-hydrogen) atoms. The summed E-state index contributed by atoms with van der Waals surface area (Å²) in [7, 11) is 0. The number of tetrazole rings is 1. The maximum absolute atomic E-state index is 13.0. The van der Waals surface area contributed by atoms with Crippen LogP contribution in [0.1, 0.15) is 22.0 Å². The molecule has 0 unspecified atom stereocenters. The first kappa shape index (κ1) is 14.2. The van der Waals surface area contributed by atoms with Gasteiger partial charge in [0.05, 0.1) is 11.6 Å². The van der Waals surface area contributed by atoms with Gasteiger partial charge in [-0.2, -0.15) is 16.3 Å². The van der Waals surface area contributed by atoms with E-state index in [-0.39, 0.29) is 11.9 Å². The minimum atomic E-state index is 0.0246. The molecule has 1 aromatic carbocycles. The fraction of sp³-hybridized carbons (Fsp3) is 0.250. The molecule has 6 nitrogen and oxygen atoms in total. The first-order valence-electron chi connectivity index (χ1n) is 7.44. The van der Waals surface area contributed by atoms with Crippen LogP contribution in [0.4, 0.5) is 0 Å². The number of carbonyl (C=O) groups is 1. The third-order valence-electron chi connectivity index (χ3n) is 4.01. The number of fused-ring (bicyclic) bond motifs is 1. The van der Waals surface area contributed by atoms with E-state index in [0.29, 0.717) is 11.2 Å². The first-order valence-corrected chi connectivity index (χ1v) is 8.60. The summed E-state index contributed by atoms with van der Waals surface area (Å²) < 4.78 is 1.53. The molecular weight excluding hydrogens is 310 g/mol. The van der Waals surface area contributed by atoms with Crippen LogP contribution in [-0.2, 0) is 0 Å². The van der Waals surface area contributed by atoms with E-state index in [0.717, 1.165) is 18.1 Å². The molecule has 0 saturated carbocycles. The van der Waals surface area contributed by atoms with Crippen molar-refractivity contribution < 1.29 is 4.79 Å². The molecular formula is C16H15N5OS. The molecule has 1 atom stereocenters. The van der Waals surface area contributed by atoms with Crippen LogP contribution < -0.4 is 0 Å². The summed E-state index contributed by atoms with van der Waals surface area (Å²) in [6.45, 7) is 0.747. The van der Waals surface area contributed by atoms with Gasteiger partial charge >= 0.3 is 0 Å². The maximum Gasteiger partial charge on any atom is 0.255 e. The lowest BCUT2D eigenvalue weighted by molar-refractivity contribution is 0.0700. The number of thioether (sulfide) groups is 1. The molecule has 0 radical (unpaired) electrons. The molecule has 0 spiro atoms.